The van der Waals surface area contributed by atoms with Crippen molar-refractivity contribution in [2.24, 2.45) is 5.73 Å². The molecule has 1 unspecified atom stereocenters. The third-order valence-electron chi connectivity index (χ3n) is 3.37. The zero-order chi connectivity index (χ0) is 13.1. The van der Waals surface area contributed by atoms with Gasteiger partial charge in [0.1, 0.15) is 0 Å². The molecule has 1 saturated heterocycles. The van der Waals surface area contributed by atoms with Gasteiger partial charge in [0.15, 0.2) is 0 Å². The Morgan fingerprint density at radius 1 is 1.44 bits per heavy atom. The first-order valence-electron chi connectivity index (χ1n) is 5.97. The molecule has 6 heteroatoms. The van der Waals surface area contributed by atoms with Gasteiger partial charge in [-0.25, -0.2) is 0 Å². The predicted molar refractivity (Wildman–Crippen MR) is 82.0 cm³/mol. The fourth-order valence-electron chi connectivity index (χ4n) is 2.15. The quantitative estimate of drug-likeness (QED) is 0.855. The lowest BCUT2D eigenvalue weighted by molar-refractivity contribution is 0.239. The summed E-state index contributed by atoms with van der Waals surface area (Å²) in [5.41, 5.74) is 6.90. The number of hydrogen-bond acceptors (Lipinski definition) is 4. The van der Waals surface area contributed by atoms with E-state index in [1.165, 1.54) is 5.69 Å². The van der Waals surface area contributed by atoms with Crippen LogP contribution in [-0.4, -0.2) is 47.1 Å². The number of thiocarbonyl (C=S) groups is 1. The first-order chi connectivity index (χ1) is 8.59. The highest BCUT2D eigenvalue weighted by Gasteiger charge is 2.23. The number of pyridine rings is 1. The molecule has 1 aliphatic rings. The Balaban J connectivity index is 1.99. The molecule has 0 spiro atoms. The number of nitrogens with two attached hydrogens (primary N) is 1. The maximum atomic E-state index is 5.70. The summed E-state index contributed by atoms with van der Waals surface area (Å²) < 4.78 is 1.04. The third-order valence-corrected chi connectivity index (χ3v) is 4.32. The van der Waals surface area contributed by atoms with Crippen molar-refractivity contribution in [2.45, 2.75) is 13.0 Å². The molecule has 2 heterocycles. The molecule has 0 aliphatic carbocycles. The Labute approximate surface area is 121 Å². The number of nitrogens with zero attached hydrogens (tertiary/aromatic N) is 3. The number of anilines is 1. The van der Waals surface area contributed by atoms with Crippen LogP contribution in [0, 0.1) is 0 Å². The zero-order valence-electron chi connectivity index (χ0n) is 10.3. The Morgan fingerprint density at radius 3 is 2.67 bits per heavy atom. The van der Waals surface area contributed by atoms with Gasteiger partial charge in [0.25, 0.3) is 0 Å². The first-order valence-corrected chi connectivity index (χ1v) is 7.17. The summed E-state index contributed by atoms with van der Waals surface area (Å²) in [5, 5.41) is 0. The fourth-order valence-corrected chi connectivity index (χ4v) is 2.80. The van der Waals surface area contributed by atoms with Gasteiger partial charge in [-0.2, -0.15) is 0 Å². The first kappa shape index (κ1) is 13.7. The van der Waals surface area contributed by atoms with Crippen LogP contribution in [0.4, 0.5) is 5.69 Å². The molecule has 0 aromatic carbocycles. The summed E-state index contributed by atoms with van der Waals surface area (Å²) >= 11 is 8.59. The SMILES string of the molecule is CC(C(N)=S)N1CCN(c2ccncc2Br)CC1. The minimum atomic E-state index is 0.183. The van der Waals surface area contributed by atoms with Crippen molar-refractivity contribution < 1.29 is 0 Å². The predicted octanol–water partition coefficient (Wildman–Crippen LogP) is 1.64. The van der Waals surface area contributed by atoms with Crippen LogP contribution in [0.15, 0.2) is 22.9 Å². The highest BCUT2D eigenvalue weighted by molar-refractivity contribution is 9.10. The lowest BCUT2D eigenvalue weighted by Gasteiger charge is -2.39. The van der Waals surface area contributed by atoms with E-state index in [4.69, 9.17) is 18.0 Å². The molecule has 0 bridgehead atoms. The van der Waals surface area contributed by atoms with E-state index in [0.29, 0.717) is 4.99 Å². The summed E-state index contributed by atoms with van der Waals surface area (Å²) in [5.74, 6) is 0. The summed E-state index contributed by atoms with van der Waals surface area (Å²) in [6.45, 7) is 5.99. The second kappa shape index (κ2) is 5.95. The number of rotatable bonds is 3. The monoisotopic (exact) mass is 328 g/mol. The van der Waals surface area contributed by atoms with Crippen LogP contribution in [0.5, 0.6) is 0 Å². The average Bonchev–Trinajstić information content (AvgIpc) is 2.38. The lowest BCUT2D eigenvalue weighted by Crippen LogP contribution is -2.52. The molecule has 18 heavy (non-hydrogen) atoms. The summed E-state index contributed by atoms with van der Waals surface area (Å²) in [7, 11) is 0. The average molecular weight is 329 g/mol. The molecule has 0 saturated carbocycles. The van der Waals surface area contributed by atoms with Crippen LogP contribution in [0.3, 0.4) is 0 Å². The molecule has 98 valence electrons. The molecule has 0 amide bonds. The van der Waals surface area contributed by atoms with Crippen LogP contribution in [-0.2, 0) is 0 Å². The van der Waals surface area contributed by atoms with Gasteiger partial charge in [-0.05, 0) is 28.9 Å². The molecule has 1 aromatic heterocycles. The van der Waals surface area contributed by atoms with Crippen molar-refractivity contribution in [2.75, 3.05) is 31.1 Å². The zero-order valence-corrected chi connectivity index (χ0v) is 12.7. The van der Waals surface area contributed by atoms with E-state index in [9.17, 15) is 0 Å². The Hall–Kier alpha value is -0.720. The highest BCUT2D eigenvalue weighted by atomic mass is 79.9. The molecule has 1 aromatic rings. The van der Waals surface area contributed by atoms with Crippen molar-refractivity contribution in [1.29, 1.82) is 0 Å². The Kier molecular flexibility index (Phi) is 4.53. The van der Waals surface area contributed by atoms with E-state index in [0.717, 1.165) is 30.7 Å². The van der Waals surface area contributed by atoms with Gasteiger partial charge in [0.2, 0.25) is 0 Å². The second-order valence-electron chi connectivity index (χ2n) is 4.43. The smallest absolute Gasteiger partial charge is 0.0899 e. The summed E-state index contributed by atoms with van der Waals surface area (Å²) in [4.78, 5) is 9.35. The molecule has 2 N–H and O–H groups in total. The number of piperazine rings is 1. The minimum absolute atomic E-state index is 0.183. The van der Waals surface area contributed by atoms with Gasteiger partial charge < -0.3 is 10.6 Å². The number of aromatic nitrogens is 1. The third kappa shape index (κ3) is 2.99. The standard InChI is InChI=1S/C12H17BrN4S/c1-9(12(14)18)16-4-6-17(7-5-16)11-2-3-15-8-10(11)13/h2-3,8-9H,4-7H2,1H3,(H2,14,18). The topological polar surface area (TPSA) is 45.4 Å². The number of hydrogen-bond donors (Lipinski definition) is 1. The van der Waals surface area contributed by atoms with Crippen molar-refractivity contribution in [3.8, 4) is 0 Å². The van der Waals surface area contributed by atoms with Crippen LogP contribution >= 0.6 is 28.1 Å². The Morgan fingerprint density at radius 2 is 2.11 bits per heavy atom. The van der Waals surface area contributed by atoms with Gasteiger partial charge in [-0.15, -0.1) is 0 Å². The normalized spacial score (nSPS) is 18.7. The molecule has 1 aliphatic heterocycles. The maximum absolute atomic E-state index is 5.70. The molecule has 0 radical (unpaired) electrons. The van der Waals surface area contributed by atoms with Crippen LogP contribution in [0.2, 0.25) is 0 Å². The van der Waals surface area contributed by atoms with Crippen LogP contribution in [0.25, 0.3) is 0 Å². The van der Waals surface area contributed by atoms with E-state index >= 15 is 0 Å². The molecule has 4 nitrogen and oxygen atoms in total. The Bertz CT molecular complexity index is 432. The van der Waals surface area contributed by atoms with Gasteiger partial charge in [0.05, 0.1) is 21.2 Å². The van der Waals surface area contributed by atoms with Gasteiger partial charge >= 0.3 is 0 Å². The minimum Gasteiger partial charge on any atom is -0.392 e. The van der Waals surface area contributed by atoms with Gasteiger partial charge in [-0.3, -0.25) is 9.88 Å². The lowest BCUT2D eigenvalue weighted by atomic mass is 10.2. The summed E-state index contributed by atoms with van der Waals surface area (Å²) in [6, 6.07) is 2.22. The van der Waals surface area contributed by atoms with Crippen molar-refractivity contribution in [1.82, 2.24) is 9.88 Å². The van der Waals surface area contributed by atoms with E-state index in [-0.39, 0.29) is 6.04 Å². The van der Waals surface area contributed by atoms with E-state index in [1.54, 1.807) is 0 Å². The molecular formula is C12H17BrN4S. The fraction of sp³-hybridized carbons (Fsp3) is 0.500. The van der Waals surface area contributed by atoms with Crippen LogP contribution < -0.4 is 10.6 Å². The second-order valence-corrected chi connectivity index (χ2v) is 5.75. The van der Waals surface area contributed by atoms with Crippen molar-refractivity contribution in [3.63, 3.8) is 0 Å². The van der Waals surface area contributed by atoms with Crippen molar-refractivity contribution >= 4 is 38.8 Å². The largest absolute Gasteiger partial charge is 0.392 e. The highest BCUT2D eigenvalue weighted by Crippen LogP contribution is 2.25. The summed E-state index contributed by atoms with van der Waals surface area (Å²) in [6.07, 6.45) is 3.66. The van der Waals surface area contributed by atoms with Gasteiger partial charge in [0, 0.05) is 38.6 Å². The van der Waals surface area contributed by atoms with Crippen LogP contribution in [0.1, 0.15) is 6.92 Å². The number of halogens is 1. The van der Waals surface area contributed by atoms with E-state index < -0.39 is 0 Å². The molecule has 2 rings (SSSR count). The molecule has 1 fully saturated rings. The maximum Gasteiger partial charge on any atom is 0.0899 e. The van der Waals surface area contributed by atoms with Crippen molar-refractivity contribution in [3.05, 3.63) is 22.9 Å². The van der Waals surface area contributed by atoms with Gasteiger partial charge in [-0.1, -0.05) is 12.2 Å². The van der Waals surface area contributed by atoms with E-state index in [1.807, 2.05) is 18.5 Å². The van der Waals surface area contributed by atoms with E-state index in [2.05, 4.69) is 37.6 Å². The molecular weight excluding hydrogens is 312 g/mol. The molecule has 1 atom stereocenters.